The van der Waals surface area contributed by atoms with Crippen molar-refractivity contribution in [1.29, 1.82) is 0 Å². The first-order valence-electron chi connectivity index (χ1n) is 5.03. The molecule has 0 unspecified atom stereocenters. The van der Waals surface area contributed by atoms with Crippen LogP contribution >= 0.6 is 11.6 Å². The van der Waals surface area contributed by atoms with Gasteiger partial charge < -0.3 is 11.1 Å². The lowest BCUT2D eigenvalue weighted by Crippen LogP contribution is -2.27. The molecule has 1 aromatic rings. The molecule has 3 heteroatoms. The van der Waals surface area contributed by atoms with E-state index >= 15 is 0 Å². The Balaban J connectivity index is 2.29. The van der Waals surface area contributed by atoms with Crippen molar-refractivity contribution in [3.63, 3.8) is 0 Å². The van der Waals surface area contributed by atoms with Crippen molar-refractivity contribution < 1.29 is 0 Å². The third-order valence-electron chi connectivity index (χ3n) is 2.83. The lowest BCUT2D eigenvalue weighted by atomic mass is 9.89. The fraction of sp³-hybridized carbons (Fsp3) is 0.455. The van der Waals surface area contributed by atoms with Gasteiger partial charge in [-0.15, -0.1) is 0 Å². The van der Waals surface area contributed by atoms with Crippen molar-refractivity contribution in [2.45, 2.75) is 18.8 Å². The Kier molecular flexibility index (Phi) is 2.94. The van der Waals surface area contributed by atoms with Gasteiger partial charge in [0.1, 0.15) is 0 Å². The highest BCUT2D eigenvalue weighted by atomic mass is 35.5. The Morgan fingerprint density at radius 2 is 2.00 bits per heavy atom. The largest absolute Gasteiger partial charge is 0.398 e. The predicted octanol–water partition coefficient (Wildman–Crippen LogP) is 2.39. The predicted molar refractivity (Wildman–Crippen MR) is 60.7 cm³/mol. The molecule has 0 spiro atoms. The second-order valence-electron chi connectivity index (χ2n) is 3.77. The summed E-state index contributed by atoms with van der Waals surface area (Å²) in [6, 6.07) is 5.76. The number of nitrogens with two attached hydrogens (primary N) is 1. The average molecular weight is 211 g/mol. The van der Waals surface area contributed by atoms with Gasteiger partial charge >= 0.3 is 0 Å². The van der Waals surface area contributed by atoms with Crippen LogP contribution in [0.25, 0.3) is 0 Å². The Bertz CT molecular complexity index is 299. The molecule has 1 saturated heterocycles. The Morgan fingerprint density at radius 3 is 2.64 bits per heavy atom. The molecule has 0 bridgehead atoms. The van der Waals surface area contributed by atoms with Crippen LogP contribution < -0.4 is 11.1 Å². The molecule has 1 aromatic carbocycles. The number of anilines is 1. The van der Waals surface area contributed by atoms with Gasteiger partial charge in [0.15, 0.2) is 0 Å². The van der Waals surface area contributed by atoms with E-state index in [2.05, 4.69) is 5.32 Å². The van der Waals surface area contributed by atoms with E-state index in [1.165, 1.54) is 0 Å². The number of hydrogen-bond donors (Lipinski definition) is 2. The minimum atomic E-state index is 0.532. The number of piperidine rings is 1. The summed E-state index contributed by atoms with van der Waals surface area (Å²) >= 11 is 6.16. The molecule has 1 aliphatic heterocycles. The number of hydrogen-bond acceptors (Lipinski definition) is 2. The number of benzene rings is 1. The van der Waals surface area contributed by atoms with Gasteiger partial charge in [0.25, 0.3) is 0 Å². The molecule has 0 aliphatic carbocycles. The first-order chi connectivity index (χ1) is 6.79. The highest BCUT2D eigenvalue weighted by molar-refractivity contribution is 6.31. The molecule has 1 heterocycles. The molecular formula is C11H15ClN2. The van der Waals surface area contributed by atoms with E-state index in [0.717, 1.165) is 42.2 Å². The molecule has 1 fully saturated rings. The van der Waals surface area contributed by atoms with Crippen molar-refractivity contribution in [1.82, 2.24) is 5.32 Å². The van der Waals surface area contributed by atoms with Crippen molar-refractivity contribution in [2.24, 2.45) is 0 Å². The molecule has 0 saturated carbocycles. The van der Waals surface area contributed by atoms with Crippen LogP contribution in [0.3, 0.4) is 0 Å². The first-order valence-corrected chi connectivity index (χ1v) is 5.41. The van der Waals surface area contributed by atoms with Gasteiger partial charge in [0.2, 0.25) is 0 Å². The van der Waals surface area contributed by atoms with Gasteiger partial charge in [-0.2, -0.15) is 0 Å². The van der Waals surface area contributed by atoms with Gasteiger partial charge in [-0.1, -0.05) is 17.7 Å². The molecule has 76 valence electrons. The third kappa shape index (κ3) is 1.86. The molecule has 2 nitrogen and oxygen atoms in total. The van der Waals surface area contributed by atoms with Crippen LogP contribution in [0.4, 0.5) is 5.69 Å². The van der Waals surface area contributed by atoms with Gasteiger partial charge in [0, 0.05) is 10.7 Å². The van der Waals surface area contributed by atoms with Crippen molar-refractivity contribution >= 4 is 17.3 Å². The van der Waals surface area contributed by atoms with Crippen LogP contribution in [0, 0.1) is 0 Å². The second-order valence-corrected chi connectivity index (χ2v) is 4.17. The van der Waals surface area contributed by atoms with Crippen LogP contribution in [0.1, 0.15) is 24.3 Å². The Morgan fingerprint density at radius 1 is 1.29 bits per heavy atom. The van der Waals surface area contributed by atoms with E-state index in [-0.39, 0.29) is 0 Å². The van der Waals surface area contributed by atoms with Crippen LogP contribution in [0.5, 0.6) is 0 Å². The van der Waals surface area contributed by atoms with Crippen molar-refractivity contribution in [3.05, 3.63) is 28.8 Å². The fourth-order valence-electron chi connectivity index (χ4n) is 2.10. The maximum Gasteiger partial charge on any atom is 0.0461 e. The van der Waals surface area contributed by atoms with Crippen molar-refractivity contribution in [3.8, 4) is 0 Å². The summed E-state index contributed by atoms with van der Waals surface area (Å²) in [4.78, 5) is 0. The number of rotatable bonds is 1. The van der Waals surface area contributed by atoms with Crippen LogP contribution in [-0.4, -0.2) is 13.1 Å². The minimum Gasteiger partial charge on any atom is -0.398 e. The molecule has 0 atom stereocenters. The molecule has 0 radical (unpaired) electrons. The van der Waals surface area contributed by atoms with Gasteiger partial charge in [-0.3, -0.25) is 0 Å². The van der Waals surface area contributed by atoms with Crippen molar-refractivity contribution in [2.75, 3.05) is 18.8 Å². The maximum absolute atomic E-state index is 6.16. The summed E-state index contributed by atoms with van der Waals surface area (Å²) in [7, 11) is 0. The summed E-state index contributed by atoms with van der Waals surface area (Å²) in [6.45, 7) is 2.13. The molecule has 14 heavy (non-hydrogen) atoms. The summed E-state index contributed by atoms with van der Waals surface area (Å²) < 4.78 is 0. The molecule has 2 rings (SSSR count). The number of halogens is 1. The Labute approximate surface area is 89.4 Å². The molecular weight excluding hydrogens is 196 g/mol. The van der Waals surface area contributed by atoms with Gasteiger partial charge in [0.05, 0.1) is 0 Å². The summed E-state index contributed by atoms with van der Waals surface area (Å²) in [6.07, 6.45) is 2.27. The summed E-state index contributed by atoms with van der Waals surface area (Å²) in [5.74, 6) is 0.532. The maximum atomic E-state index is 6.16. The highest BCUT2D eigenvalue weighted by Crippen LogP contribution is 2.34. The lowest BCUT2D eigenvalue weighted by Gasteiger charge is -2.24. The van der Waals surface area contributed by atoms with E-state index in [4.69, 9.17) is 17.3 Å². The zero-order valence-electron chi connectivity index (χ0n) is 8.09. The SMILES string of the molecule is Nc1cccc(Cl)c1C1CCNCC1. The van der Waals surface area contributed by atoms with Crippen LogP contribution in [-0.2, 0) is 0 Å². The molecule has 0 aromatic heterocycles. The third-order valence-corrected chi connectivity index (χ3v) is 3.16. The van der Waals surface area contributed by atoms with E-state index in [0.29, 0.717) is 5.92 Å². The molecule has 3 N–H and O–H groups in total. The summed E-state index contributed by atoms with van der Waals surface area (Å²) in [5.41, 5.74) is 7.93. The minimum absolute atomic E-state index is 0.532. The zero-order chi connectivity index (χ0) is 9.97. The smallest absolute Gasteiger partial charge is 0.0461 e. The molecule has 0 amide bonds. The zero-order valence-corrected chi connectivity index (χ0v) is 8.85. The quantitative estimate of drug-likeness (QED) is 0.699. The van der Waals surface area contributed by atoms with Crippen LogP contribution in [0.15, 0.2) is 18.2 Å². The van der Waals surface area contributed by atoms with E-state index < -0.39 is 0 Å². The normalized spacial score (nSPS) is 18.4. The van der Waals surface area contributed by atoms with Gasteiger partial charge in [-0.25, -0.2) is 0 Å². The van der Waals surface area contributed by atoms with Gasteiger partial charge in [-0.05, 0) is 49.5 Å². The second kappa shape index (κ2) is 4.20. The number of nitrogens with one attached hydrogen (secondary N) is 1. The number of nitrogen functional groups attached to an aromatic ring is 1. The summed E-state index contributed by atoms with van der Waals surface area (Å²) in [5, 5.41) is 4.16. The highest BCUT2D eigenvalue weighted by Gasteiger charge is 2.19. The van der Waals surface area contributed by atoms with E-state index in [1.54, 1.807) is 0 Å². The standard InChI is InChI=1S/C11H15ClN2/c12-9-2-1-3-10(13)11(9)8-4-6-14-7-5-8/h1-3,8,14H,4-7,13H2. The Hall–Kier alpha value is -0.730. The molecule has 1 aliphatic rings. The lowest BCUT2D eigenvalue weighted by molar-refractivity contribution is 0.461. The average Bonchev–Trinajstić information content (AvgIpc) is 2.19. The van der Waals surface area contributed by atoms with E-state index in [1.807, 2.05) is 18.2 Å². The fourth-order valence-corrected chi connectivity index (χ4v) is 2.43. The van der Waals surface area contributed by atoms with Crippen LogP contribution in [0.2, 0.25) is 5.02 Å². The first kappa shape index (κ1) is 9.81. The van der Waals surface area contributed by atoms with E-state index in [9.17, 15) is 0 Å². The topological polar surface area (TPSA) is 38.0 Å². The monoisotopic (exact) mass is 210 g/mol.